The highest BCUT2D eigenvalue weighted by atomic mass is 16.5. The molecule has 0 bridgehead atoms. The summed E-state index contributed by atoms with van der Waals surface area (Å²) in [5.41, 5.74) is 6.23. The van der Waals surface area contributed by atoms with E-state index in [1.54, 1.807) is 48.7 Å². The van der Waals surface area contributed by atoms with Gasteiger partial charge in [0.05, 0.1) is 17.2 Å². The number of nitrogens with zero attached hydrogens (tertiary/aromatic N) is 1. The molecule has 1 heterocycles. The van der Waals surface area contributed by atoms with Crippen LogP contribution in [-0.2, 0) is 0 Å². The summed E-state index contributed by atoms with van der Waals surface area (Å²) in [5, 5.41) is 0.854. The molecule has 2 aromatic carbocycles. The van der Waals surface area contributed by atoms with E-state index in [4.69, 9.17) is 4.74 Å². The quantitative estimate of drug-likeness (QED) is 0.709. The Kier molecular flexibility index (Phi) is 5.12. The fourth-order valence-electron chi connectivity index (χ4n) is 2.50. The number of aromatic nitrogens is 1. The van der Waals surface area contributed by atoms with Gasteiger partial charge in [0.1, 0.15) is 5.75 Å². The SMILES string of the molecule is CC(C)Oc1ccc(C(=O)NNC(=O)c2cccc3cccnc23)cc1. The second kappa shape index (κ2) is 7.65. The third kappa shape index (κ3) is 3.97. The second-order valence-electron chi connectivity index (χ2n) is 5.98. The van der Waals surface area contributed by atoms with Crippen molar-refractivity contribution in [1.82, 2.24) is 15.8 Å². The number of carbonyl (C=O) groups excluding carboxylic acids is 2. The monoisotopic (exact) mass is 349 g/mol. The average molecular weight is 349 g/mol. The number of hydrogen-bond donors (Lipinski definition) is 2. The van der Waals surface area contributed by atoms with E-state index in [0.29, 0.717) is 22.4 Å². The summed E-state index contributed by atoms with van der Waals surface area (Å²) in [6.45, 7) is 3.86. The van der Waals surface area contributed by atoms with Crippen LogP contribution < -0.4 is 15.6 Å². The van der Waals surface area contributed by atoms with Crippen LogP contribution in [0.15, 0.2) is 60.8 Å². The van der Waals surface area contributed by atoms with Crippen LogP contribution in [0.1, 0.15) is 34.6 Å². The van der Waals surface area contributed by atoms with Gasteiger partial charge in [0.25, 0.3) is 11.8 Å². The molecule has 0 fully saturated rings. The van der Waals surface area contributed by atoms with Gasteiger partial charge in [0.2, 0.25) is 0 Å². The van der Waals surface area contributed by atoms with Crippen molar-refractivity contribution in [2.75, 3.05) is 0 Å². The lowest BCUT2D eigenvalue weighted by atomic mass is 10.1. The van der Waals surface area contributed by atoms with Crippen LogP contribution in [0.4, 0.5) is 0 Å². The summed E-state index contributed by atoms with van der Waals surface area (Å²) in [4.78, 5) is 28.8. The Morgan fingerprint density at radius 2 is 1.62 bits per heavy atom. The highest BCUT2D eigenvalue weighted by Gasteiger charge is 2.12. The lowest BCUT2D eigenvalue weighted by Gasteiger charge is -2.11. The van der Waals surface area contributed by atoms with E-state index < -0.39 is 11.8 Å². The van der Waals surface area contributed by atoms with Gasteiger partial charge in [-0.15, -0.1) is 0 Å². The van der Waals surface area contributed by atoms with Crippen LogP contribution in [0.3, 0.4) is 0 Å². The average Bonchev–Trinajstić information content (AvgIpc) is 2.65. The van der Waals surface area contributed by atoms with Crippen molar-refractivity contribution in [3.63, 3.8) is 0 Å². The van der Waals surface area contributed by atoms with Gasteiger partial charge in [-0.2, -0.15) is 0 Å². The normalized spacial score (nSPS) is 10.6. The molecule has 0 radical (unpaired) electrons. The van der Waals surface area contributed by atoms with Crippen LogP contribution in [0.5, 0.6) is 5.75 Å². The molecule has 3 aromatic rings. The third-order valence-electron chi connectivity index (χ3n) is 3.66. The molecule has 0 unspecified atom stereocenters. The molecule has 0 atom stereocenters. The summed E-state index contributed by atoms with van der Waals surface area (Å²) in [7, 11) is 0. The summed E-state index contributed by atoms with van der Waals surface area (Å²) in [5.74, 6) is -0.160. The fourth-order valence-corrected chi connectivity index (χ4v) is 2.50. The van der Waals surface area contributed by atoms with Crippen molar-refractivity contribution in [1.29, 1.82) is 0 Å². The number of nitrogens with one attached hydrogen (secondary N) is 2. The van der Waals surface area contributed by atoms with Crippen molar-refractivity contribution in [2.24, 2.45) is 0 Å². The number of carbonyl (C=O) groups is 2. The summed E-state index contributed by atoms with van der Waals surface area (Å²) in [6, 6.07) is 15.7. The first kappa shape index (κ1) is 17.4. The second-order valence-corrected chi connectivity index (χ2v) is 5.98. The highest BCUT2D eigenvalue weighted by Crippen LogP contribution is 2.16. The smallest absolute Gasteiger partial charge is 0.271 e. The van der Waals surface area contributed by atoms with E-state index in [9.17, 15) is 9.59 Å². The number of hydrazine groups is 1. The van der Waals surface area contributed by atoms with Crippen molar-refractivity contribution in [2.45, 2.75) is 20.0 Å². The molecule has 0 aliphatic rings. The van der Waals surface area contributed by atoms with E-state index >= 15 is 0 Å². The zero-order chi connectivity index (χ0) is 18.5. The predicted molar refractivity (Wildman–Crippen MR) is 98.9 cm³/mol. The molecule has 3 rings (SSSR count). The number of ether oxygens (including phenoxy) is 1. The number of rotatable bonds is 4. The van der Waals surface area contributed by atoms with Crippen LogP contribution in [0.25, 0.3) is 10.9 Å². The number of pyridine rings is 1. The van der Waals surface area contributed by atoms with Gasteiger partial charge in [-0.3, -0.25) is 25.4 Å². The molecule has 0 aliphatic carbocycles. The van der Waals surface area contributed by atoms with E-state index in [1.807, 2.05) is 26.0 Å². The Morgan fingerprint density at radius 3 is 2.35 bits per heavy atom. The van der Waals surface area contributed by atoms with E-state index in [-0.39, 0.29) is 6.10 Å². The van der Waals surface area contributed by atoms with Crippen LogP contribution in [-0.4, -0.2) is 22.9 Å². The molecule has 2 N–H and O–H groups in total. The summed E-state index contributed by atoms with van der Waals surface area (Å²) >= 11 is 0. The minimum atomic E-state index is -0.428. The lowest BCUT2D eigenvalue weighted by Crippen LogP contribution is -2.41. The number of amides is 2. The molecule has 6 heteroatoms. The van der Waals surface area contributed by atoms with Crippen molar-refractivity contribution < 1.29 is 14.3 Å². The number of benzene rings is 2. The predicted octanol–water partition coefficient (Wildman–Crippen LogP) is 3.10. The molecule has 0 aliphatic heterocycles. The Morgan fingerprint density at radius 1 is 0.923 bits per heavy atom. The van der Waals surface area contributed by atoms with Crippen molar-refractivity contribution in [3.05, 3.63) is 71.9 Å². The first-order valence-corrected chi connectivity index (χ1v) is 8.26. The van der Waals surface area contributed by atoms with Gasteiger partial charge in [0.15, 0.2) is 0 Å². The van der Waals surface area contributed by atoms with E-state index in [1.165, 1.54) is 0 Å². The number of para-hydroxylation sites is 1. The van der Waals surface area contributed by atoms with Crippen LogP contribution in [0.2, 0.25) is 0 Å². The minimum absolute atomic E-state index is 0.0586. The van der Waals surface area contributed by atoms with Gasteiger partial charge in [0, 0.05) is 17.1 Å². The maximum absolute atomic E-state index is 12.4. The highest BCUT2D eigenvalue weighted by molar-refractivity contribution is 6.06. The Hall–Kier alpha value is -3.41. The summed E-state index contributed by atoms with van der Waals surface area (Å²) < 4.78 is 5.54. The molecule has 0 saturated carbocycles. The largest absolute Gasteiger partial charge is 0.491 e. The molecule has 0 saturated heterocycles. The van der Waals surface area contributed by atoms with Crippen LogP contribution in [0, 0.1) is 0 Å². The summed E-state index contributed by atoms with van der Waals surface area (Å²) in [6.07, 6.45) is 1.68. The zero-order valence-electron chi connectivity index (χ0n) is 14.5. The van der Waals surface area contributed by atoms with Gasteiger partial charge >= 0.3 is 0 Å². The molecule has 6 nitrogen and oxygen atoms in total. The molecular formula is C20H19N3O3. The zero-order valence-corrected chi connectivity index (χ0v) is 14.5. The van der Waals surface area contributed by atoms with Gasteiger partial charge in [-0.25, -0.2) is 0 Å². The van der Waals surface area contributed by atoms with Gasteiger partial charge in [-0.05, 0) is 50.2 Å². The first-order chi connectivity index (χ1) is 12.5. The minimum Gasteiger partial charge on any atom is -0.491 e. The fraction of sp³-hybridized carbons (Fsp3) is 0.150. The first-order valence-electron chi connectivity index (χ1n) is 8.26. The molecule has 26 heavy (non-hydrogen) atoms. The number of hydrogen-bond acceptors (Lipinski definition) is 4. The molecular weight excluding hydrogens is 330 g/mol. The van der Waals surface area contributed by atoms with Gasteiger partial charge < -0.3 is 4.74 Å². The third-order valence-corrected chi connectivity index (χ3v) is 3.66. The molecule has 1 aromatic heterocycles. The van der Waals surface area contributed by atoms with Crippen LogP contribution >= 0.6 is 0 Å². The van der Waals surface area contributed by atoms with Gasteiger partial charge in [-0.1, -0.05) is 18.2 Å². The Bertz CT molecular complexity index is 931. The maximum atomic E-state index is 12.4. The van der Waals surface area contributed by atoms with E-state index in [0.717, 1.165) is 5.39 Å². The Labute approximate surface area is 151 Å². The molecule has 2 amide bonds. The Balaban J connectivity index is 1.66. The maximum Gasteiger partial charge on any atom is 0.271 e. The molecule has 132 valence electrons. The topological polar surface area (TPSA) is 80.3 Å². The standard InChI is InChI=1S/C20H19N3O3/c1-13(2)26-16-10-8-15(9-11-16)19(24)22-23-20(25)17-7-3-5-14-6-4-12-21-18(14)17/h3-13H,1-2H3,(H,22,24)(H,23,25). The number of fused-ring (bicyclic) bond motifs is 1. The van der Waals surface area contributed by atoms with Crippen molar-refractivity contribution >= 4 is 22.7 Å². The van der Waals surface area contributed by atoms with Crippen molar-refractivity contribution in [3.8, 4) is 5.75 Å². The molecule has 0 spiro atoms. The van der Waals surface area contributed by atoms with E-state index in [2.05, 4.69) is 15.8 Å². The lowest BCUT2D eigenvalue weighted by molar-refractivity contribution is 0.0847.